The fourth-order valence-electron chi connectivity index (χ4n) is 8.56. The molecule has 0 aliphatic rings. The van der Waals surface area contributed by atoms with Crippen molar-refractivity contribution in [3.05, 3.63) is 120 Å². The van der Waals surface area contributed by atoms with E-state index in [4.69, 9.17) is 25.7 Å². The number of para-hydroxylation sites is 1. The predicted molar refractivity (Wildman–Crippen MR) is 244 cm³/mol. The van der Waals surface area contributed by atoms with Crippen LogP contribution in [-0.2, 0) is 32.6 Å². The highest BCUT2D eigenvalue weighted by molar-refractivity contribution is 6.10. The molecule has 59 heavy (non-hydrogen) atoms. The van der Waals surface area contributed by atoms with E-state index in [1.807, 2.05) is 32.2 Å². The van der Waals surface area contributed by atoms with E-state index in [0.717, 1.165) is 81.1 Å². The highest BCUT2D eigenvalue weighted by atomic mass is 16.3. The van der Waals surface area contributed by atoms with E-state index in [1.165, 1.54) is 11.1 Å². The lowest BCUT2D eigenvalue weighted by Crippen LogP contribution is -2.35. The van der Waals surface area contributed by atoms with Crippen LogP contribution in [0.2, 0.25) is 0 Å². The topological polar surface area (TPSA) is 117 Å². The minimum absolute atomic E-state index is 0.279. The third-order valence-corrected chi connectivity index (χ3v) is 11.0. The Morgan fingerprint density at radius 1 is 0.712 bits per heavy atom. The lowest BCUT2D eigenvalue weighted by atomic mass is 9.93. The van der Waals surface area contributed by atoms with Crippen LogP contribution in [0, 0.1) is 5.92 Å². The van der Waals surface area contributed by atoms with Crippen LogP contribution in [0.3, 0.4) is 0 Å². The summed E-state index contributed by atoms with van der Waals surface area (Å²) in [6.45, 7) is 11.7. The molecule has 0 saturated heterocycles. The Kier molecular flexibility index (Phi) is 10.9. The van der Waals surface area contributed by atoms with Gasteiger partial charge in [0.2, 0.25) is 11.9 Å². The number of aliphatic hydroxyl groups is 1. The van der Waals surface area contributed by atoms with Crippen molar-refractivity contribution < 1.29 is 5.11 Å². The van der Waals surface area contributed by atoms with Crippen LogP contribution < -0.4 is 20.4 Å². The molecule has 4 aromatic heterocycles. The lowest BCUT2D eigenvalue weighted by molar-refractivity contribution is 0.0439. The molecule has 4 heterocycles. The second-order valence-corrected chi connectivity index (χ2v) is 16.9. The average Bonchev–Trinajstić information content (AvgIpc) is 3.77. The van der Waals surface area contributed by atoms with Gasteiger partial charge in [0.05, 0.1) is 34.2 Å². The lowest BCUT2D eigenvalue weighted by Gasteiger charge is -2.29. The van der Waals surface area contributed by atoms with E-state index >= 15 is 0 Å². The molecule has 304 valence electrons. The van der Waals surface area contributed by atoms with E-state index in [1.54, 1.807) is 0 Å². The molecular weight excluding hydrogens is 733 g/mol. The fourth-order valence-corrected chi connectivity index (χ4v) is 8.56. The molecule has 0 bridgehead atoms. The Balaban J connectivity index is 1.31. The summed E-state index contributed by atoms with van der Waals surface area (Å²) >= 11 is 0. The molecule has 0 aliphatic carbocycles. The van der Waals surface area contributed by atoms with Crippen LogP contribution in [0.5, 0.6) is 0 Å². The molecule has 11 heteroatoms. The van der Waals surface area contributed by atoms with Gasteiger partial charge in [0, 0.05) is 64.5 Å². The summed E-state index contributed by atoms with van der Waals surface area (Å²) in [5.74, 6) is 3.19. The quantitative estimate of drug-likeness (QED) is 0.105. The van der Waals surface area contributed by atoms with Gasteiger partial charge in [-0.25, -0.2) is 19.9 Å². The molecule has 1 unspecified atom stereocenters. The van der Waals surface area contributed by atoms with Crippen LogP contribution in [-0.4, -0.2) is 67.5 Å². The van der Waals surface area contributed by atoms with E-state index in [9.17, 15) is 5.11 Å². The van der Waals surface area contributed by atoms with Crippen LogP contribution in [0.25, 0.3) is 43.9 Å². The Hall–Kier alpha value is -6.20. The Bertz CT molecular complexity index is 2700. The number of fused-ring (bicyclic) bond motifs is 6. The molecule has 0 fully saturated rings. The summed E-state index contributed by atoms with van der Waals surface area (Å²) < 4.78 is 4.50. The molecular formula is C48H56N10O. The monoisotopic (exact) mass is 788 g/mol. The minimum Gasteiger partial charge on any atom is -0.388 e. The van der Waals surface area contributed by atoms with Crippen molar-refractivity contribution in [2.45, 2.75) is 72.3 Å². The number of anilines is 4. The number of hydrogen-bond donors (Lipinski definition) is 2. The van der Waals surface area contributed by atoms with Crippen LogP contribution in [0.1, 0.15) is 50.8 Å². The number of nitrogens with zero attached hydrogens (tertiary/aromatic N) is 9. The molecule has 8 aromatic rings. The molecule has 11 nitrogen and oxygen atoms in total. The summed E-state index contributed by atoms with van der Waals surface area (Å²) in [6.07, 6.45) is 1.30. The first-order valence-corrected chi connectivity index (χ1v) is 20.7. The van der Waals surface area contributed by atoms with Gasteiger partial charge in [0.1, 0.15) is 11.0 Å². The molecule has 3 N–H and O–H groups in total. The number of imidazole rings is 2. The summed E-state index contributed by atoms with van der Waals surface area (Å²) in [5, 5.41) is 14.7. The summed E-state index contributed by atoms with van der Waals surface area (Å²) in [6, 6.07) is 35.5. The van der Waals surface area contributed by atoms with Gasteiger partial charge in [-0.15, -0.1) is 0 Å². The number of benzene rings is 4. The van der Waals surface area contributed by atoms with Crippen molar-refractivity contribution in [1.82, 2.24) is 29.1 Å². The number of rotatable bonds is 15. The van der Waals surface area contributed by atoms with Crippen molar-refractivity contribution in [1.29, 1.82) is 0 Å². The molecule has 1 atom stereocenters. The first-order chi connectivity index (χ1) is 28.4. The fraction of sp³-hybridized carbons (Fsp3) is 0.333. The summed E-state index contributed by atoms with van der Waals surface area (Å²) in [4.78, 5) is 27.3. The van der Waals surface area contributed by atoms with E-state index < -0.39 is 5.60 Å². The van der Waals surface area contributed by atoms with Crippen molar-refractivity contribution in [2.24, 2.45) is 5.92 Å². The number of nitrogens with two attached hydrogens (primary N) is 1. The summed E-state index contributed by atoms with van der Waals surface area (Å²) in [5.41, 5.74) is 13.8. The number of aromatic nitrogens is 6. The maximum Gasteiger partial charge on any atom is 0.206 e. The zero-order valence-corrected chi connectivity index (χ0v) is 35.4. The standard InChI is InChI=1S/C48H56N10O/c1-8-26-55(7)47-52-40-42(36-23-15-16-24-37(36)50-44(40)49)58(47)31-48(4,59)27-35-22-17-25-38-39(35)43-41(53-46(54(5)6)57(43)28-32(2)3)45(51-38)56(29-33-18-11-9-12-19-33)30-34-20-13-10-14-21-34/h9-25,32,59H,8,26-31H2,1-7H3,(H2,49,50). The van der Waals surface area contributed by atoms with Gasteiger partial charge < -0.3 is 34.7 Å². The van der Waals surface area contributed by atoms with Gasteiger partial charge in [0.15, 0.2) is 11.6 Å². The third-order valence-electron chi connectivity index (χ3n) is 11.0. The highest BCUT2D eigenvalue weighted by Gasteiger charge is 2.31. The van der Waals surface area contributed by atoms with Crippen molar-refractivity contribution in [2.75, 3.05) is 48.1 Å². The Morgan fingerprint density at radius 3 is 1.98 bits per heavy atom. The van der Waals surface area contributed by atoms with Gasteiger partial charge in [-0.05, 0) is 48.1 Å². The predicted octanol–water partition coefficient (Wildman–Crippen LogP) is 8.83. The van der Waals surface area contributed by atoms with Crippen molar-refractivity contribution in [3.8, 4) is 0 Å². The average molecular weight is 789 g/mol. The van der Waals surface area contributed by atoms with Crippen LogP contribution in [0.15, 0.2) is 103 Å². The Labute approximate surface area is 346 Å². The molecule has 0 radical (unpaired) electrons. The van der Waals surface area contributed by atoms with E-state index in [0.29, 0.717) is 36.8 Å². The number of pyridine rings is 2. The molecule has 0 aliphatic heterocycles. The number of nitrogen functional groups attached to an aromatic ring is 1. The third kappa shape index (κ3) is 7.87. The normalized spacial score (nSPS) is 12.9. The van der Waals surface area contributed by atoms with Crippen LogP contribution >= 0.6 is 0 Å². The van der Waals surface area contributed by atoms with Gasteiger partial charge >= 0.3 is 0 Å². The van der Waals surface area contributed by atoms with Gasteiger partial charge in [-0.2, -0.15) is 0 Å². The molecule has 4 aromatic carbocycles. The minimum atomic E-state index is -1.21. The molecule has 0 saturated carbocycles. The number of hydrogen-bond acceptors (Lipinski definition) is 9. The maximum absolute atomic E-state index is 12.7. The Morgan fingerprint density at radius 2 is 1.34 bits per heavy atom. The summed E-state index contributed by atoms with van der Waals surface area (Å²) in [7, 11) is 6.15. The smallest absolute Gasteiger partial charge is 0.206 e. The second-order valence-electron chi connectivity index (χ2n) is 16.9. The van der Waals surface area contributed by atoms with Crippen molar-refractivity contribution >= 4 is 67.4 Å². The molecule has 8 rings (SSSR count). The van der Waals surface area contributed by atoms with Gasteiger partial charge in [-0.3, -0.25) is 0 Å². The first-order valence-electron chi connectivity index (χ1n) is 20.7. The molecule has 0 spiro atoms. The van der Waals surface area contributed by atoms with Crippen molar-refractivity contribution in [3.63, 3.8) is 0 Å². The van der Waals surface area contributed by atoms with Crippen LogP contribution in [0.4, 0.5) is 23.5 Å². The van der Waals surface area contributed by atoms with Gasteiger partial charge in [-0.1, -0.05) is 112 Å². The zero-order chi connectivity index (χ0) is 41.4. The molecule has 0 amide bonds. The largest absolute Gasteiger partial charge is 0.388 e. The SMILES string of the molecule is CCCN(C)c1nc2c(N)nc3ccccc3c2n1CC(C)(O)Cc1cccc2nc(N(Cc3ccccc3)Cc3ccccc3)c3nc(N(C)C)n(CC(C)C)c3c12. The second kappa shape index (κ2) is 16.2. The maximum atomic E-state index is 12.7. The zero-order valence-electron chi connectivity index (χ0n) is 35.4. The van der Waals surface area contributed by atoms with Gasteiger partial charge in [0.25, 0.3) is 0 Å². The van der Waals surface area contributed by atoms with E-state index in [-0.39, 0.29) is 6.54 Å². The van der Waals surface area contributed by atoms with E-state index in [2.05, 4.69) is 144 Å². The highest BCUT2D eigenvalue weighted by Crippen LogP contribution is 2.39. The first kappa shape index (κ1) is 39.6.